The molecule has 27 heavy (non-hydrogen) atoms. The Morgan fingerprint density at radius 1 is 1.07 bits per heavy atom. The Kier molecular flexibility index (Phi) is 6.27. The van der Waals surface area contributed by atoms with Gasteiger partial charge in [-0.25, -0.2) is 0 Å². The molecule has 0 heterocycles. The number of ether oxygens (including phenoxy) is 2. The van der Waals surface area contributed by atoms with Crippen LogP contribution in [0.25, 0.3) is 0 Å². The number of amides is 2. The molecule has 2 amide bonds. The molecule has 0 radical (unpaired) electrons. The number of anilines is 2. The molecule has 0 atom stereocenters. The number of hydrogen-bond acceptors (Lipinski definition) is 4. The maximum atomic E-state index is 12.7. The Morgan fingerprint density at radius 3 is 2.44 bits per heavy atom. The smallest absolute Gasteiger partial charge is 0.416 e. The van der Waals surface area contributed by atoms with Crippen molar-refractivity contribution in [1.29, 1.82) is 0 Å². The number of alkyl halides is 3. The van der Waals surface area contributed by atoms with Crippen LogP contribution in [0.15, 0.2) is 42.5 Å². The van der Waals surface area contributed by atoms with Crippen LogP contribution in [0.1, 0.15) is 12.5 Å². The summed E-state index contributed by atoms with van der Waals surface area (Å²) in [6.07, 6.45) is -4.50. The van der Waals surface area contributed by atoms with Crippen molar-refractivity contribution in [3.63, 3.8) is 0 Å². The molecule has 0 bridgehead atoms. The van der Waals surface area contributed by atoms with E-state index in [4.69, 9.17) is 9.47 Å². The van der Waals surface area contributed by atoms with E-state index in [2.05, 4.69) is 10.6 Å². The number of benzene rings is 2. The number of nitrogens with one attached hydrogen (secondary N) is 2. The summed E-state index contributed by atoms with van der Waals surface area (Å²) in [4.78, 5) is 23.2. The maximum Gasteiger partial charge on any atom is 0.416 e. The van der Waals surface area contributed by atoms with Crippen LogP contribution in [-0.2, 0) is 15.8 Å². The summed E-state index contributed by atoms with van der Waals surface area (Å²) in [5.74, 6) is -0.633. The van der Waals surface area contributed by atoms with E-state index in [9.17, 15) is 22.8 Å². The molecule has 0 aliphatic carbocycles. The summed E-state index contributed by atoms with van der Waals surface area (Å²) in [5.41, 5.74) is -0.149. The van der Waals surface area contributed by atoms with Crippen LogP contribution in [-0.4, -0.2) is 25.5 Å². The molecule has 9 heteroatoms. The lowest BCUT2D eigenvalue weighted by atomic mass is 10.2. The predicted molar refractivity (Wildman–Crippen MR) is 92.9 cm³/mol. The summed E-state index contributed by atoms with van der Waals surface area (Å²) in [5, 5.41) is 5.09. The number of rotatable bonds is 6. The molecule has 0 aromatic heterocycles. The molecular weight excluding hydrogens is 365 g/mol. The van der Waals surface area contributed by atoms with Gasteiger partial charge < -0.3 is 20.1 Å². The third-order valence-electron chi connectivity index (χ3n) is 3.33. The summed E-state index contributed by atoms with van der Waals surface area (Å²) in [6.45, 7) is 0.834. The van der Waals surface area contributed by atoms with E-state index in [-0.39, 0.29) is 17.3 Å². The number of methoxy groups -OCH3 is 1. The Morgan fingerprint density at radius 2 is 1.81 bits per heavy atom. The minimum atomic E-state index is -4.50. The second kappa shape index (κ2) is 8.43. The van der Waals surface area contributed by atoms with Gasteiger partial charge in [-0.05, 0) is 36.4 Å². The minimum Gasteiger partial charge on any atom is -0.495 e. The highest BCUT2D eigenvalue weighted by Crippen LogP contribution is 2.31. The van der Waals surface area contributed by atoms with Gasteiger partial charge >= 0.3 is 6.18 Å². The number of hydrogen-bond donors (Lipinski definition) is 2. The lowest BCUT2D eigenvalue weighted by Crippen LogP contribution is -2.21. The van der Waals surface area contributed by atoms with Crippen LogP contribution in [0, 0.1) is 0 Å². The van der Waals surface area contributed by atoms with Crippen molar-refractivity contribution in [3.05, 3.63) is 48.0 Å². The largest absolute Gasteiger partial charge is 0.495 e. The van der Waals surface area contributed by atoms with E-state index in [0.717, 1.165) is 12.1 Å². The first-order chi connectivity index (χ1) is 12.7. The highest BCUT2D eigenvalue weighted by Gasteiger charge is 2.30. The fourth-order valence-corrected chi connectivity index (χ4v) is 2.18. The Balaban J connectivity index is 2.04. The van der Waals surface area contributed by atoms with Crippen LogP contribution in [0.3, 0.4) is 0 Å². The van der Waals surface area contributed by atoms with Gasteiger partial charge in [0.25, 0.3) is 5.91 Å². The molecule has 0 aliphatic rings. The highest BCUT2D eigenvalue weighted by molar-refractivity contribution is 5.95. The molecule has 0 saturated heterocycles. The summed E-state index contributed by atoms with van der Waals surface area (Å²) < 4.78 is 48.3. The van der Waals surface area contributed by atoms with Gasteiger partial charge in [-0.1, -0.05) is 6.07 Å². The normalized spacial score (nSPS) is 10.9. The van der Waals surface area contributed by atoms with Crippen molar-refractivity contribution in [3.8, 4) is 11.5 Å². The zero-order valence-electron chi connectivity index (χ0n) is 14.5. The van der Waals surface area contributed by atoms with Gasteiger partial charge in [0.15, 0.2) is 6.61 Å². The van der Waals surface area contributed by atoms with E-state index in [1.807, 2.05) is 0 Å². The molecule has 0 unspecified atom stereocenters. The number of carbonyl (C=O) groups is 2. The van der Waals surface area contributed by atoms with Crippen molar-refractivity contribution in [2.45, 2.75) is 13.1 Å². The first-order valence-electron chi connectivity index (χ1n) is 7.74. The SMILES string of the molecule is COc1ccc(NC(C)=O)cc1NC(=O)COc1cccc(C(F)(F)F)c1. The second-order valence-electron chi connectivity index (χ2n) is 5.46. The molecule has 0 spiro atoms. The fourth-order valence-electron chi connectivity index (χ4n) is 2.18. The third-order valence-corrected chi connectivity index (χ3v) is 3.33. The van der Waals surface area contributed by atoms with E-state index < -0.39 is 24.3 Å². The van der Waals surface area contributed by atoms with E-state index in [1.54, 1.807) is 12.1 Å². The zero-order valence-corrected chi connectivity index (χ0v) is 14.5. The molecule has 144 valence electrons. The molecular formula is C18H17F3N2O4. The fraction of sp³-hybridized carbons (Fsp3) is 0.222. The van der Waals surface area contributed by atoms with Gasteiger partial charge in [0, 0.05) is 12.6 Å². The zero-order chi connectivity index (χ0) is 20.0. The van der Waals surface area contributed by atoms with Crippen molar-refractivity contribution in [1.82, 2.24) is 0 Å². The minimum absolute atomic E-state index is 0.0843. The second-order valence-corrected chi connectivity index (χ2v) is 5.46. The van der Waals surface area contributed by atoms with Gasteiger partial charge in [-0.2, -0.15) is 13.2 Å². The predicted octanol–water partition coefficient (Wildman–Crippen LogP) is 3.69. The standard InChI is InChI=1S/C18H17F3N2O4/c1-11(24)22-13-6-7-16(26-2)15(9-13)23-17(25)10-27-14-5-3-4-12(8-14)18(19,20)21/h3-9H,10H2,1-2H3,(H,22,24)(H,23,25). The monoisotopic (exact) mass is 382 g/mol. The molecule has 2 aromatic rings. The summed E-state index contributed by atoms with van der Waals surface area (Å²) in [7, 11) is 1.40. The summed E-state index contributed by atoms with van der Waals surface area (Å²) >= 11 is 0. The molecule has 0 fully saturated rings. The molecule has 2 rings (SSSR count). The first kappa shape index (κ1) is 20.1. The van der Waals surface area contributed by atoms with E-state index in [1.165, 1.54) is 32.2 Å². The molecule has 6 nitrogen and oxygen atoms in total. The molecule has 0 aliphatic heterocycles. The average molecular weight is 382 g/mol. The summed E-state index contributed by atoms with van der Waals surface area (Å²) in [6, 6.07) is 8.86. The highest BCUT2D eigenvalue weighted by atomic mass is 19.4. The van der Waals surface area contributed by atoms with Crippen molar-refractivity contribution < 1.29 is 32.2 Å². The molecule has 0 saturated carbocycles. The van der Waals surface area contributed by atoms with Gasteiger partial charge in [0.1, 0.15) is 11.5 Å². The maximum absolute atomic E-state index is 12.7. The first-order valence-corrected chi connectivity index (χ1v) is 7.74. The van der Waals surface area contributed by atoms with Crippen LogP contribution in [0.5, 0.6) is 11.5 Å². The third kappa shape index (κ3) is 5.91. The van der Waals surface area contributed by atoms with Crippen molar-refractivity contribution in [2.24, 2.45) is 0 Å². The van der Waals surface area contributed by atoms with Gasteiger partial charge in [0.05, 0.1) is 18.4 Å². The molecule has 2 aromatic carbocycles. The lowest BCUT2D eigenvalue weighted by molar-refractivity contribution is -0.137. The molecule has 2 N–H and O–H groups in total. The van der Waals surface area contributed by atoms with Crippen molar-refractivity contribution >= 4 is 23.2 Å². The van der Waals surface area contributed by atoms with Gasteiger partial charge in [0.2, 0.25) is 5.91 Å². The van der Waals surface area contributed by atoms with Gasteiger partial charge in [-0.3, -0.25) is 9.59 Å². The number of halogens is 3. The van der Waals surface area contributed by atoms with Crippen LogP contribution < -0.4 is 20.1 Å². The van der Waals surface area contributed by atoms with E-state index >= 15 is 0 Å². The topological polar surface area (TPSA) is 76.7 Å². The van der Waals surface area contributed by atoms with Crippen LogP contribution >= 0.6 is 0 Å². The average Bonchev–Trinajstić information content (AvgIpc) is 2.59. The number of carbonyl (C=O) groups excluding carboxylic acids is 2. The Bertz CT molecular complexity index is 838. The van der Waals surface area contributed by atoms with E-state index in [0.29, 0.717) is 11.4 Å². The van der Waals surface area contributed by atoms with Crippen molar-refractivity contribution in [2.75, 3.05) is 24.4 Å². The lowest BCUT2D eigenvalue weighted by Gasteiger charge is -2.13. The van der Waals surface area contributed by atoms with Crippen LogP contribution in [0.4, 0.5) is 24.5 Å². The Labute approximate surface area is 153 Å². The quantitative estimate of drug-likeness (QED) is 0.799. The van der Waals surface area contributed by atoms with Crippen LogP contribution in [0.2, 0.25) is 0 Å². The van der Waals surface area contributed by atoms with Gasteiger partial charge in [-0.15, -0.1) is 0 Å². The Hall–Kier alpha value is -3.23.